The van der Waals surface area contributed by atoms with Crippen LogP contribution in [0.2, 0.25) is 0 Å². The smallest absolute Gasteiger partial charge is 0.205 e. The topological polar surface area (TPSA) is 96.0 Å². The van der Waals surface area contributed by atoms with Crippen molar-refractivity contribution >= 4 is 6.08 Å². The quantitative estimate of drug-likeness (QED) is 0.644. The number of methoxy groups -OCH3 is 4. The van der Waals surface area contributed by atoms with Crippen LogP contribution in [-0.2, 0) is 4.74 Å². The summed E-state index contributed by atoms with van der Waals surface area (Å²) in [5.41, 5.74) is 10.4. The van der Waals surface area contributed by atoms with E-state index in [0.717, 1.165) is 41.5 Å². The molecule has 1 aliphatic heterocycles. The van der Waals surface area contributed by atoms with Crippen molar-refractivity contribution in [1.82, 2.24) is 0 Å². The van der Waals surface area contributed by atoms with Crippen molar-refractivity contribution in [2.24, 2.45) is 5.73 Å². The summed E-state index contributed by atoms with van der Waals surface area (Å²) in [5, 5.41) is 9.97. The van der Waals surface area contributed by atoms with Crippen LogP contribution in [-0.4, -0.2) is 28.4 Å². The van der Waals surface area contributed by atoms with Crippen LogP contribution in [0.1, 0.15) is 36.3 Å². The maximum absolute atomic E-state index is 9.97. The predicted molar refractivity (Wildman–Crippen MR) is 129 cm³/mol. The third-order valence-electron chi connectivity index (χ3n) is 6.23. The summed E-state index contributed by atoms with van der Waals surface area (Å²) in [6.07, 6.45) is 4.57. The Bertz CT molecular complexity index is 1240. The molecule has 2 aromatic carbocycles. The summed E-state index contributed by atoms with van der Waals surface area (Å²) in [4.78, 5) is 0. The lowest BCUT2D eigenvalue weighted by molar-refractivity contribution is 0.276. The minimum Gasteiger partial charge on any atom is -0.497 e. The minimum atomic E-state index is -0.365. The minimum absolute atomic E-state index is 0.110. The maximum Gasteiger partial charge on any atom is 0.205 e. The van der Waals surface area contributed by atoms with Crippen LogP contribution in [0, 0.1) is 11.3 Å². The summed E-state index contributed by atoms with van der Waals surface area (Å²) < 4.78 is 28.0. The molecule has 7 nitrogen and oxygen atoms in total. The van der Waals surface area contributed by atoms with Crippen molar-refractivity contribution in [3.05, 3.63) is 75.9 Å². The molecule has 0 fully saturated rings. The van der Waals surface area contributed by atoms with Gasteiger partial charge in [0.2, 0.25) is 5.88 Å². The molecular formula is C27H28N2O5. The molecule has 2 N–H and O–H groups in total. The Morgan fingerprint density at radius 1 is 0.941 bits per heavy atom. The third-order valence-corrected chi connectivity index (χ3v) is 6.23. The second kappa shape index (κ2) is 9.84. The van der Waals surface area contributed by atoms with E-state index in [1.165, 1.54) is 0 Å². The molecule has 0 saturated carbocycles. The Hall–Kier alpha value is -4.05. The molecule has 0 radical (unpaired) electrons. The van der Waals surface area contributed by atoms with Crippen molar-refractivity contribution in [1.29, 1.82) is 5.26 Å². The Morgan fingerprint density at radius 2 is 1.62 bits per heavy atom. The van der Waals surface area contributed by atoms with Gasteiger partial charge < -0.3 is 29.4 Å². The van der Waals surface area contributed by atoms with Crippen molar-refractivity contribution in [3.8, 4) is 29.1 Å². The highest BCUT2D eigenvalue weighted by Crippen LogP contribution is 2.49. The Balaban J connectivity index is 1.86. The Labute approximate surface area is 199 Å². The molecule has 2 aromatic rings. The highest BCUT2D eigenvalue weighted by atomic mass is 16.5. The summed E-state index contributed by atoms with van der Waals surface area (Å²) in [5.74, 6) is 3.18. The molecule has 34 heavy (non-hydrogen) atoms. The van der Waals surface area contributed by atoms with Crippen LogP contribution in [0.4, 0.5) is 0 Å². The van der Waals surface area contributed by atoms with Crippen molar-refractivity contribution in [2.45, 2.75) is 25.2 Å². The molecule has 0 bridgehead atoms. The van der Waals surface area contributed by atoms with E-state index < -0.39 is 0 Å². The van der Waals surface area contributed by atoms with E-state index in [1.807, 2.05) is 36.4 Å². The van der Waals surface area contributed by atoms with Crippen LogP contribution in [0.3, 0.4) is 0 Å². The van der Waals surface area contributed by atoms with Gasteiger partial charge in [-0.1, -0.05) is 6.07 Å². The van der Waals surface area contributed by atoms with Gasteiger partial charge in [0, 0.05) is 23.3 Å². The van der Waals surface area contributed by atoms with Gasteiger partial charge in [0.15, 0.2) is 0 Å². The number of hydrogen-bond acceptors (Lipinski definition) is 7. The molecular weight excluding hydrogens is 432 g/mol. The van der Waals surface area contributed by atoms with Gasteiger partial charge in [0.25, 0.3) is 0 Å². The number of nitrogens with two attached hydrogens (primary N) is 1. The van der Waals surface area contributed by atoms with Gasteiger partial charge in [-0.15, -0.1) is 0 Å². The highest BCUT2D eigenvalue weighted by molar-refractivity contribution is 5.67. The SMILES string of the molecule is COc1ccc(/C=C2/CCCC3=C2OC(N)=C(C#N)[C@@H]3c2ccc(OC)cc2OC)c(OC)c1. The number of ether oxygens (including phenoxy) is 5. The van der Waals surface area contributed by atoms with Crippen LogP contribution >= 0.6 is 0 Å². The van der Waals surface area contributed by atoms with Crippen LogP contribution in [0.5, 0.6) is 23.0 Å². The van der Waals surface area contributed by atoms with Crippen LogP contribution < -0.4 is 24.7 Å². The molecule has 1 heterocycles. The molecule has 7 heteroatoms. The molecule has 0 amide bonds. The van der Waals surface area contributed by atoms with Crippen molar-refractivity contribution < 1.29 is 23.7 Å². The van der Waals surface area contributed by atoms with Gasteiger partial charge in [-0.25, -0.2) is 0 Å². The highest BCUT2D eigenvalue weighted by Gasteiger charge is 2.37. The molecule has 0 spiro atoms. The largest absolute Gasteiger partial charge is 0.497 e. The van der Waals surface area contributed by atoms with Gasteiger partial charge >= 0.3 is 0 Å². The summed E-state index contributed by atoms with van der Waals surface area (Å²) >= 11 is 0. The molecule has 2 aliphatic rings. The van der Waals surface area contributed by atoms with E-state index >= 15 is 0 Å². The average Bonchev–Trinajstić information content (AvgIpc) is 2.88. The average molecular weight is 461 g/mol. The van der Waals surface area contributed by atoms with Crippen molar-refractivity contribution in [3.63, 3.8) is 0 Å². The number of hydrogen-bond donors (Lipinski definition) is 1. The number of allylic oxidation sites excluding steroid dienone is 3. The first-order chi connectivity index (χ1) is 16.5. The van der Waals surface area contributed by atoms with Gasteiger partial charge in [-0.05, 0) is 54.7 Å². The number of benzene rings is 2. The zero-order chi connectivity index (χ0) is 24.2. The summed E-state index contributed by atoms with van der Waals surface area (Å²) in [6, 6.07) is 13.6. The van der Waals surface area contributed by atoms with Gasteiger partial charge in [-0.3, -0.25) is 0 Å². The molecule has 4 rings (SSSR count). The fraction of sp³-hybridized carbons (Fsp3) is 0.296. The van der Waals surface area contributed by atoms with E-state index in [0.29, 0.717) is 34.3 Å². The van der Waals surface area contributed by atoms with E-state index in [9.17, 15) is 5.26 Å². The lowest BCUT2D eigenvalue weighted by Gasteiger charge is -2.33. The molecule has 0 saturated heterocycles. The molecule has 176 valence electrons. The van der Waals surface area contributed by atoms with E-state index in [1.54, 1.807) is 28.4 Å². The molecule has 1 aliphatic carbocycles. The third kappa shape index (κ3) is 4.15. The standard InChI is InChI=1S/C27H28N2O5/c1-30-18-9-8-16(23(13-18)32-3)12-17-6-5-7-21-25(22(15-28)27(29)34-26(17)21)20-11-10-19(31-2)14-24(20)33-4/h8-14,25H,5-7,29H2,1-4H3/b17-12-/t25-/m1/s1. The van der Waals surface area contributed by atoms with Crippen molar-refractivity contribution in [2.75, 3.05) is 28.4 Å². The number of rotatable bonds is 6. The Morgan fingerprint density at radius 3 is 2.26 bits per heavy atom. The van der Waals surface area contributed by atoms with E-state index in [2.05, 4.69) is 12.1 Å². The predicted octanol–water partition coefficient (Wildman–Crippen LogP) is 5.05. The summed E-state index contributed by atoms with van der Waals surface area (Å²) in [6.45, 7) is 0. The van der Waals surface area contributed by atoms with Gasteiger partial charge in [-0.2, -0.15) is 5.26 Å². The number of nitriles is 1. The van der Waals surface area contributed by atoms with Crippen LogP contribution in [0.25, 0.3) is 6.08 Å². The second-order valence-corrected chi connectivity index (χ2v) is 8.02. The van der Waals surface area contributed by atoms with Crippen LogP contribution in [0.15, 0.2) is 64.8 Å². The lowest BCUT2D eigenvalue weighted by atomic mass is 9.76. The molecule has 0 aromatic heterocycles. The molecule has 1 atom stereocenters. The summed E-state index contributed by atoms with van der Waals surface area (Å²) in [7, 11) is 6.46. The first-order valence-corrected chi connectivity index (χ1v) is 11.0. The number of nitrogens with zero attached hydrogens (tertiary/aromatic N) is 1. The van der Waals surface area contributed by atoms with Gasteiger partial charge in [0.1, 0.15) is 40.4 Å². The van der Waals surface area contributed by atoms with E-state index in [-0.39, 0.29) is 11.8 Å². The fourth-order valence-electron chi connectivity index (χ4n) is 4.57. The van der Waals surface area contributed by atoms with Gasteiger partial charge in [0.05, 0.1) is 34.4 Å². The zero-order valence-electron chi connectivity index (χ0n) is 19.8. The maximum atomic E-state index is 9.97. The Kier molecular flexibility index (Phi) is 6.69. The molecule has 0 unspecified atom stereocenters. The first-order valence-electron chi connectivity index (χ1n) is 11.0. The second-order valence-electron chi connectivity index (χ2n) is 8.02. The monoisotopic (exact) mass is 460 g/mol. The fourth-order valence-corrected chi connectivity index (χ4v) is 4.57. The normalized spacial score (nSPS) is 18.7. The first kappa shape index (κ1) is 23.1. The zero-order valence-corrected chi connectivity index (χ0v) is 19.8. The van der Waals surface area contributed by atoms with E-state index in [4.69, 9.17) is 29.4 Å². The lowest BCUT2D eigenvalue weighted by Crippen LogP contribution is -2.24.